The number of anilines is 1. The highest BCUT2D eigenvalue weighted by molar-refractivity contribution is 7.84. The van der Waals surface area contributed by atoms with Crippen LogP contribution in [0, 0.1) is 0 Å². The Bertz CT molecular complexity index is 611. The molecule has 3 N–H and O–H groups in total. The minimum Gasteiger partial charge on any atom is -0.398 e. The first-order valence-electron chi connectivity index (χ1n) is 7.95. The Hall–Kier alpha value is -1.68. The standard InChI is InChI=1S/C10H15N.C6H13NO6S/c1-3-8-6-5-7-9(4-2)10(8)11;1-3-7(5-12-2)14(10,11)13-6(9)4-8/h5-7H,3-4,11H2,1-2H3;8H,3-5H2,1-2H3. The second kappa shape index (κ2) is 11.8. The SMILES string of the molecule is CCN(COC)S(=O)(=O)OC(=O)CO.CCc1cccc(CC)c1N. The number of para-hydroxylation sites is 1. The van der Waals surface area contributed by atoms with E-state index in [-0.39, 0.29) is 13.3 Å². The van der Waals surface area contributed by atoms with Gasteiger partial charge in [0.1, 0.15) is 13.3 Å². The zero-order chi connectivity index (χ0) is 19.5. The van der Waals surface area contributed by atoms with Crippen LogP contribution in [0.5, 0.6) is 0 Å². The van der Waals surface area contributed by atoms with Gasteiger partial charge in [-0.1, -0.05) is 39.0 Å². The van der Waals surface area contributed by atoms with Gasteiger partial charge in [0.2, 0.25) is 0 Å². The lowest BCUT2D eigenvalue weighted by Gasteiger charge is -2.17. The molecule has 0 aliphatic carbocycles. The maximum absolute atomic E-state index is 11.2. The van der Waals surface area contributed by atoms with Crippen LogP contribution in [0.25, 0.3) is 0 Å². The summed E-state index contributed by atoms with van der Waals surface area (Å²) in [6.07, 6.45) is 2.05. The fraction of sp³-hybridized carbons (Fsp3) is 0.562. The molecule has 8 nitrogen and oxygen atoms in total. The number of methoxy groups -OCH3 is 1. The molecule has 1 aromatic rings. The highest BCUT2D eigenvalue weighted by Gasteiger charge is 2.24. The van der Waals surface area contributed by atoms with E-state index in [0.717, 1.165) is 22.8 Å². The number of hydrogen-bond acceptors (Lipinski definition) is 7. The Morgan fingerprint density at radius 2 is 1.72 bits per heavy atom. The van der Waals surface area contributed by atoms with Crippen molar-refractivity contribution >= 4 is 22.0 Å². The molecule has 0 heterocycles. The summed E-state index contributed by atoms with van der Waals surface area (Å²) in [6.45, 7) is 4.73. The first-order valence-corrected chi connectivity index (χ1v) is 9.32. The highest BCUT2D eigenvalue weighted by atomic mass is 32.2. The van der Waals surface area contributed by atoms with Gasteiger partial charge in [0.05, 0.1) is 0 Å². The maximum atomic E-state index is 11.2. The number of aliphatic hydroxyl groups excluding tert-OH is 1. The van der Waals surface area contributed by atoms with Crippen LogP contribution in [0.3, 0.4) is 0 Å². The van der Waals surface area contributed by atoms with Crippen molar-refractivity contribution in [2.24, 2.45) is 0 Å². The van der Waals surface area contributed by atoms with Crippen LogP contribution in [0.15, 0.2) is 18.2 Å². The zero-order valence-electron chi connectivity index (χ0n) is 15.2. The van der Waals surface area contributed by atoms with Gasteiger partial charge >= 0.3 is 16.3 Å². The molecule has 0 aromatic heterocycles. The normalized spacial score (nSPS) is 11.0. The van der Waals surface area contributed by atoms with E-state index < -0.39 is 22.9 Å². The summed E-state index contributed by atoms with van der Waals surface area (Å²) in [5, 5.41) is 8.29. The number of benzene rings is 1. The summed E-state index contributed by atoms with van der Waals surface area (Å²) >= 11 is 0. The van der Waals surface area contributed by atoms with E-state index in [1.807, 2.05) is 0 Å². The molecule has 0 atom stereocenters. The molecule has 9 heteroatoms. The molecule has 0 fully saturated rings. The van der Waals surface area contributed by atoms with Gasteiger partial charge in [0.25, 0.3) is 0 Å². The molecule has 1 aromatic carbocycles. The summed E-state index contributed by atoms with van der Waals surface area (Å²) in [5.74, 6) is -1.22. The molecule has 0 amide bonds. The molecule has 0 aliphatic heterocycles. The zero-order valence-corrected chi connectivity index (χ0v) is 16.0. The number of carbonyl (C=O) groups excluding carboxylic acids is 1. The van der Waals surface area contributed by atoms with Gasteiger partial charge in [-0.05, 0) is 24.0 Å². The fourth-order valence-electron chi connectivity index (χ4n) is 1.94. The van der Waals surface area contributed by atoms with Gasteiger partial charge in [0.15, 0.2) is 0 Å². The number of rotatable bonds is 8. The minimum atomic E-state index is -4.15. The predicted molar refractivity (Wildman–Crippen MR) is 96.0 cm³/mol. The molecule has 0 saturated heterocycles. The van der Waals surface area contributed by atoms with Gasteiger partial charge in [-0.3, -0.25) is 0 Å². The fourth-order valence-corrected chi connectivity index (χ4v) is 2.88. The van der Waals surface area contributed by atoms with Crippen LogP contribution in [0.1, 0.15) is 31.9 Å². The van der Waals surface area contributed by atoms with Crippen LogP contribution in [0.4, 0.5) is 5.69 Å². The van der Waals surface area contributed by atoms with Crippen molar-refractivity contribution in [2.45, 2.75) is 33.6 Å². The van der Waals surface area contributed by atoms with Crippen molar-refractivity contribution in [3.8, 4) is 0 Å². The van der Waals surface area contributed by atoms with Crippen LogP contribution in [-0.2, 0) is 36.9 Å². The summed E-state index contributed by atoms with van der Waals surface area (Å²) in [5.41, 5.74) is 9.42. The number of nitrogens with zero attached hydrogens (tertiary/aromatic N) is 1. The van der Waals surface area contributed by atoms with E-state index in [9.17, 15) is 13.2 Å². The molecule has 1 rings (SSSR count). The predicted octanol–water partition coefficient (Wildman–Crippen LogP) is 1.09. The average Bonchev–Trinajstić information content (AvgIpc) is 2.59. The molecular formula is C16H28N2O6S. The summed E-state index contributed by atoms with van der Waals surface area (Å²) in [7, 11) is -2.84. The quantitative estimate of drug-likeness (QED) is 0.515. The van der Waals surface area contributed by atoms with Gasteiger partial charge in [-0.2, -0.15) is 8.42 Å². The minimum absolute atomic E-state index is 0.106. The number of aliphatic hydroxyl groups is 1. The number of nitrogens with two attached hydrogens (primary N) is 1. The van der Waals surface area contributed by atoms with Crippen molar-refractivity contribution in [3.63, 3.8) is 0 Å². The maximum Gasteiger partial charge on any atom is 0.389 e. The topological polar surface area (TPSA) is 119 Å². The third kappa shape index (κ3) is 7.82. The first-order chi connectivity index (χ1) is 11.8. The highest BCUT2D eigenvalue weighted by Crippen LogP contribution is 2.17. The Labute approximate surface area is 149 Å². The number of ether oxygens (including phenoxy) is 1. The summed E-state index contributed by atoms with van der Waals surface area (Å²) in [4.78, 5) is 10.5. The lowest BCUT2D eigenvalue weighted by molar-refractivity contribution is -0.137. The third-order valence-electron chi connectivity index (χ3n) is 3.32. The summed E-state index contributed by atoms with van der Waals surface area (Å²) in [6, 6.07) is 6.26. The Kier molecular flexibility index (Phi) is 11.0. The van der Waals surface area contributed by atoms with Crippen LogP contribution in [0.2, 0.25) is 0 Å². The van der Waals surface area contributed by atoms with Crippen molar-refractivity contribution in [1.82, 2.24) is 4.31 Å². The molecule has 144 valence electrons. The van der Waals surface area contributed by atoms with Gasteiger partial charge in [-0.15, -0.1) is 4.31 Å². The van der Waals surface area contributed by atoms with E-state index in [1.54, 1.807) is 6.92 Å². The first kappa shape index (κ1) is 23.3. The van der Waals surface area contributed by atoms with Crippen molar-refractivity contribution in [2.75, 3.05) is 32.7 Å². The van der Waals surface area contributed by atoms with E-state index >= 15 is 0 Å². The van der Waals surface area contributed by atoms with Crippen LogP contribution in [-0.4, -0.2) is 50.8 Å². The molecule has 0 spiro atoms. The van der Waals surface area contributed by atoms with E-state index in [4.69, 9.17) is 10.8 Å². The van der Waals surface area contributed by atoms with Crippen LogP contribution < -0.4 is 5.73 Å². The van der Waals surface area contributed by atoms with Gasteiger partial charge in [-0.25, -0.2) is 4.79 Å². The van der Waals surface area contributed by atoms with Crippen molar-refractivity contribution < 1.29 is 27.2 Å². The molecule has 0 bridgehead atoms. The lowest BCUT2D eigenvalue weighted by Crippen LogP contribution is -2.35. The molecule has 25 heavy (non-hydrogen) atoms. The molecule has 0 aliphatic rings. The second-order valence-electron chi connectivity index (χ2n) is 4.95. The number of hydrogen-bond donors (Lipinski definition) is 2. The van der Waals surface area contributed by atoms with E-state index in [0.29, 0.717) is 0 Å². The third-order valence-corrected chi connectivity index (χ3v) is 4.71. The monoisotopic (exact) mass is 376 g/mol. The summed E-state index contributed by atoms with van der Waals surface area (Å²) < 4.78 is 31.8. The smallest absolute Gasteiger partial charge is 0.389 e. The van der Waals surface area contributed by atoms with Crippen LogP contribution >= 0.6 is 0 Å². The second-order valence-corrected chi connectivity index (χ2v) is 6.49. The van der Waals surface area contributed by atoms with Gasteiger partial charge < -0.3 is 19.8 Å². The van der Waals surface area contributed by atoms with Gasteiger partial charge in [0, 0.05) is 19.3 Å². The van der Waals surface area contributed by atoms with E-state index in [1.165, 1.54) is 18.2 Å². The molecule has 0 unspecified atom stereocenters. The molecular weight excluding hydrogens is 348 g/mol. The number of aryl methyl sites for hydroxylation is 2. The lowest BCUT2D eigenvalue weighted by atomic mass is 10.0. The van der Waals surface area contributed by atoms with E-state index in [2.05, 4.69) is 41.0 Å². The Balaban J connectivity index is 0.000000472. The molecule has 0 radical (unpaired) electrons. The average molecular weight is 376 g/mol. The largest absolute Gasteiger partial charge is 0.398 e. The van der Waals surface area contributed by atoms with Crippen molar-refractivity contribution in [3.05, 3.63) is 29.3 Å². The Morgan fingerprint density at radius 1 is 1.20 bits per heavy atom. The number of nitrogen functional groups attached to an aromatic ring is 1. The Morgan fingerprint density at radius 3 is 2.08 bits per heavy atom. The molecule has 0 saturated carbocycles. The number of carbonyl (C=O) groups is 1. The van der Waals surface area contributed by atoms with Crippen molar-refractivity contribution in [1.29, 1.82) is 0 Å².